The third-order valence-electron chi connectivity index (χ3n) is 4.34. The fraction of sp³-hybridized carbons (Fsp3) is 0.476. The van der Waals surface area contributed by atoms with Crippen LogP contribution in [0.5, 0.6) is 0 Å². The number of aromatic nitrogens is 1. The highest BCUT2D eigenvalue weighted by Crippen LogP contribution is 2.12. The molecule has 0 radical (unpaired) electrons. The minimum atomic E-state index is -0.293. The van der Waals surface area contributed by atoms with E-state index in [0.29, 0.717) is 17.9 Å². The van der Waals surface area contributed by atoms with Crippen molar-refractivity contribution in [3.63, 3.8) is 0 Å². The number of anilines is 1. The molecule has 0 saturated heterocycles. The van der Waals surface area contributed by atoms with Crippen LogP contribution in [0.4, 0.5) is 5.82 Å². The van der Waals surface area contributed by atoms with E-state index in [9.17, 15) is 9.59 Å². The molecule has 1 N–H and O–H groups in total. The quantitative estimate of drug-likeness (QED) is 0.598. The number of amides is 2. The Morgan fingerprint density at radius 3 is 2.44 bits per heavy atom. The maximum absolute atomic E-state index is 12.8. The van der Waals surface area contributed by atoms with E-state index in [0.717, 1.165) is 12.8 Å². The van der Waals surface area contributed by atoms with Crippen LogP contribution in [-0.2, 0) is 11.2 Å². The second-order valence-corrected chi connectivity index (χ2v) is 6.67. The Bertz CT molecular complexity index is 696. The first kappa shape index (κ1) is 20.7. The molecule has 0 aliphatic carbocycles. The lowest BCUT2D eigenvalue weighted by Crippen LogP contribution is -2.38. The molecule has 0 aliphatic rings. The highest BCUT2D eigenvalue weighted by Gasteiger charge is 2.18. The van der Waals surface area contributed by atoms with Crippen LogP contribution in [0.1, 0.15) is 61.9 Å². The van der Waals surface area contributed by atoms with E-state index < -0.39 is 0 Å². The molecule has 0 spiro atoms. The first-order valence-electron chi connectivity index (χ1n) is 9.72. The van der Waals surface area contributed by atoms with Crippen LogP contribution in [0.25, 0.3) is 0 Å². The van der Waals surface area contributed by atoms with Crippen molar-refractivity contribution in [2.24, 2.45) is 0 Å². The van der Waals surface area contributed by atoms with Crippen LogP contribution >= 0.6 is 0 Å². The van der Waals surface area contributed by atoms with Crippen LogP contribution in [-0.4, -0.2) is 35.0 Å². The van der Waals surface area contributed by atoms with Gasteiger partial charge in [-0.1, -0.05) is 50.4 Å². The zero-order valence-electron chi connectivity index (χ0n) is 16.2. The first-order chi connectivity index (χ1) is 13.1. The molecule has 27 heavy (non-hydrogen) atoms. The fourth-order valence-corrected chi connectivity index (χ4v) is 2.91. The van der Waals surface area contributed by atoms with Gasteiger partial charge in [0.05, 0.1) is 0 Å². The normalized spacial score (nSPS) is 10.6. The Kier molecular flexibility index (Phi) is 8.55. The molecule has 0 saturated carbocycles. The zero-order valence-corrected chi connectivity index (χ0v) is 16.2. The molecule has 6 nitrogen and oxygen atoms in total. The van der Waals surface area contributed by atoms with Crippen LogP contribution in [0, 0.1) is 0 Å². The molecule has 2 amide bonds. The maximum Gasteiger partial charge on any atom is 0.254 e. The molecule has 0 aliphatic heterocycles. The van der Waals surface area contributed by atoms with Gasteiger partial charge < -0.3 is 14.7 Å². The van der Waals surface area contributed by atoms with Crippen molar-refractivity contribution in [2.75, 3.05) is 18.4 Å². The maximum atomic E-state index is 12.8. The van der Waals surface area contributed by atoms with Crippen molar-refractivity contribution in [2.45, 2.75) is 52.4 Å². The molecular formula is C21H29N3O3. The van der Waals surface area contributed by atoms with Gasteiger partial charge in [-0.15, -0.1) is 0 Å². The molecule has 0 fully saturated rings. The third-order valence-corrected chi connectivity index (χ3v) is 4.34. The summed E-state index contributed by atoms with van der Waals surface area (Å²) in [6.07, 6.45) is 8.09. The third kappa shape index (κ3) is 6.89. The summed E-state index contributed by atoms with van der Waals surface area (Å²) in [5, 5.41) is 6.27. The molecule has 6 heteroatoms. The van der Waals surface area contributed by atoms with E-state index in [1.807, 2.05) is 31.2 Å². The molecule has 0 unspecified atom stereocenters. The minimum Gasteiger partial charge on any atom is -0.363 e. The Labute approximate surface area is 160 Å². The molecule has 0 atom stereocenters. The summed E-state index contributed by atoms with van der Waals surface area (Å²) < 4.78 is 4.69. The first-order valence-corrected chi connectivity index (χ1v) is 9.72. The molecule has 1 heterocycles. The molecule has 2 aromatic rings. The number of hydrogen-bond donors (Lipinski definition) is 1. The SMILES string of the molecule is CCCCCCc1ccc(C(=O)N(CCC)CC(=O)Nc2ccon2)cc1. The minimum absolute atomic E-state index is 0.0156. The average molecular weight is 371 g/mol. The number of hydrogen-bond acceptors (Lipinski definition) is 4. The van der Waals surface area contributed by atoms with Crippen molar-refractivity contribution in [3.05, 3.63) is 47.7 Å². The van der Waals surface area contributed by atoms with Crippen molar-refractivity contribution in [1.82, 2.24) is 10.1 Å². The standard InChI is InChI=1S/C21H29N3O3/c1-3-5-6-7-8-17-9-11-18(12-10-17)21(26)24(14-4-2)16-20(25)22-19-13-15-27-23-19/h9-13,15H,3-8,14,16H2,1-2H3,(H,22,23,25). The predicted molar refractivity (Wildman–Crippen MR) is 106 cm³/mol. The van der Waals surface area contributed by atoms with E-state index in [-0.39, 0.29) is 18.4 Å². The van der Waals surface area contributed by atoms with Gasteiger partial charge in [-0.05, 0) is 37.0 Å². The van der Waals surface area contributed by atoms with E-state index >= 15 is 0 Å². The number of carbonyl (C=O) groups is 2. The highest BCUT2D eigenvalue weighted by atomic mass is 16.5. The summed E-state index contributed by atoms with van der Waals surface area (Å²) in [6, 6.07) is 9.30. The Morgan fingerprint density at radius 2 is 1.81 bits per heavy atom. The topological polar surface area (TPSA) is 75.4 Å². The van der Waals surface area contributed by atoms with Crippen molar-refractivity contribution in [3.8, 4) is 0 Å². The van der Waals surface area contributed by atoms with Crippen molar-refractivity contribution >= 4 is 17.6 Å². The van der Waals surface area contributed by atoms with Gasteiger partial charge in [-0.2, -0.15) is 0 Å². The highest BCUT2D eigenvalue weighted by molar-refractivity contribution is 5.99. The lowest BCUT2D eigenvalue weighted by atomic mass is 10.0. The molecule has 2 rings (SSSR count). The molecule has 1 aromatic heterocycles. The lowest BCUT2D eigenvalue weighted by molar-refractivity contribution is -0.116. The number of benzene rings is 1. The number of rotatable bonds is 11. The number of nitrogens with one attached hydrogen (secondary N) is 1. The summed E-state index contributed by atoms with van der Waals surface area (Å²) in [5.41, 5.74) is 1.85. The number of unbranched alkanes of at least 4 members (excludes halogenated alkanes) is 3. The summed E-state index contributed by atoms with van der Waals surface area (Å²) >= 11 is 0. The van der Waals surface area contributed by atoms with Gasteiger partial charge in [0.25, 0.3) is 5.91 Å². The van der Waals surface area contributed by atoms with E-state index in [4.69, 9.17) is 4.52 Å². The van der Waals surface area contributed by atoms with Crippen molar-refractivity contribution in [1.29, 1.82) is 0 Å². The summed E-state index contributed by atoms with van der Waals surface area (Å²) in [6.45, 7) is 4.69. The summed E-state index contributed by atoms with van der Waals surface area (Å²) in [5.74, 6) is -0.0840. The average Bonchev–Trinajstić information content (AvgIpc) is 3.18. The Morgan fingerprint density at radius 1 is 1.04 bits per heavy atom. The molecular weight excluding hydrogens is 342 g/mol. The van der Waals surface area contributed by atoms with Gasteiger partial charge in [0.15, 0.2) is 5.82 Å². The van der Waals surface area contributed by atoms with Crippen LogP contribution in [0.15, 0.2) is 41.1 Å². The lowest BCUT2D eigenvalue weighted by Gasteiger charge is -2.21. The van der Waals surface area contributed by atoms with E-state index in [2.05, 4.69) is 17.4 Å². The van der Waals surface area contributed by atoms with Crippen LogP contribution in [0.3, 0.4) is 0 Å². The second kappa shape index (κ2) is 11.2. The van der Waals surface area contributed by atoms with Gasteiger partial charge >= 0.3 is 0 Å². The van der Waals surface area contributed by atoms with E-state index in [1.165, 1.54) is 37.5 Å². The van der Waals surface area contributed by atoms with Gasteiger partial charge in [0, 0.05) is 18.2 Å². The Balaban J connectivity index is 1.93. The van der Waals surface area contributed by atoms with Gasteiger partial charge in [0.2, 0.25) is 5.91 Å². The summed E-state index contributed by atoms with van der Waals surface area (Å²) in [4.78, 5) is 26.5. The molecule has 146 valence electrons. The van der Waals surface area contributed by atoms with Crippen LogP contribution < -0.4 is 5.32 Å². The van der Waals surface area contributed by atoms with Gasteiger partial charge in [-0.25, -0.2) is 0 Å². The number of nitrogens with zero attached hydrogens (tertiary/aromatic N) is 2. The van der Waals surface area contributed by atoms with Crippen molar-refractivity contribution < 1.29 is 14.1 Å². The van der Waals surface area contributed by atoms with Gasteiger partial charge in [0.1, 0.15) is 12.8 Å². The predicted octanol–water partition coefficient (Wildman–Crippen LogP) is 4.29. The zero-order chi connectivity index (χ0) is 19.5. The van der Waals surface area contributed by atoms with Crippen LogP contribution in [0.2, 0.25) is 0 Å². The summed E-state index contributed by atoms with van der Waals surface area (Å²) in [7, 11) is 0. The number of carbonyl (C=O) groups excluding carboxylic acids is 2. The van der Waals surface area contributed by atoms with Gasteiger partial charge in [-0.3, -0.25) is 9.59 Å². The second-order valence-electron chi connectivity index (χ2n) is 6.67. The fourth-order valence-electron chi connectivity index (χ4n) is 2.91. The molecule has 1 aromatic carbocycles. The smallest absolute Gasteiger partial charge is 0.254 e. The molecule has 0 bridgehead atoms. The monoisotopic (exact) mass is 371 g/mol. The number of aryl methyl sites for hydroxylation is 1. The largest absolute Gasteiger partial charge is 0.363 e. The van der Waals surface area contributed by atoms with E-state index in [1.54, 1.807) is 11.0 Å². The Hall–Kier alpha value is -2.63.